The van der Waals surface area contributed by atoms with Crippen LogP contribution in [0.3, 0.4) is 0 Å². The number of nitrogens with zero attached hydrogens (tertiary/aromatic N) is 2. The van der Waals surface area contributed by atoms with Gasteiger partial charge in [0.15, 0.2) is 0 Å². The van der Waals surface area contributed by atoms with Crippen molar-refractivity contribution < 1.29 is 27.8 Å². The molecule has 2 aliphatic rings. The minimum absolute atomic E-state index is 0.205. The minimum Gasteiger partial charge on any atom is -0.446 e. The lowest BCUT2D eigenvalue weighted by Crippen LogP contribution is -2.34. The molecule has 2 heterocycles. The molecule has 2 aliphatic heterocycles. The predicted octanol–water partition coefficient (Wildman–Crippen LogP) is 9.91. The van der Waals surface area contributed by atoms with Crippen LogP contribution in [0.2, 0.25) is 0 Å². The first-order valence-corrected chi connectivity index (χ1v) is 20.1. The quantitative estimate of drug-likeness (QED) is 0.158. The number of ether oxygens (including phenoxy) is 2. The number of anilines is 2. The fourth-order valence-corrected chi connectivity index (χ4v) is 7.67. The van der Waals surface area contributed by atoms with Crippen LogP contribution < -0.4 is 20.4 Å². The van der Waals surface area contributed by atoms with E-state index in [-0.39, 0.29) is 24.2 Å². The van der Waals surface area contributed by atoms with E-state index in [0.717, 1.165) is 85.3 Å². The third-order valence-electron chi connectivity index (χ3n) is 10.5. The summed E-state index contributed by atoms with van der Waals surface area (Å²) in [5.74, 6) is -0.644. The van der Waals surface area contributed by atoms with Gasteiger partial charge in [0, 0.05) is 31.4 Å². The Morgan fingerprint density at radius 1 is 0.667 bits per heavy atom. The molecule has 2 amide bonds. The van der Waals surface area contributed by atoms with E-state index in [2.05, 4.69) is 10.6 Å². The van der Waals surface area contributed by atoms with E-state index < -0.39 is 18.3 Å². The number of carbonyl (C=O) groups excluding carboxylic acids is 2. The van der Waals surface area contributed by atoms with Gasteiger partial charge in [0.2, 0.25) is 0 Å². The predicted molar refractivity (Wildman–Crippen MR) is 225 cm³/mol. The van der Waals surface area contributed by atoms with Crippen molar-refractivity contribution >= 4 is 34.7 Å². The molecular formula is C47H54F2N4O4. The SMILES string of the molecule is CCN(C(=O)OC(C)Cc1ccc(C(=C2CCNCC2)c2ccc(N(C)C(=O)OC(C)C)cc2)cc1F)c1ccc(C(=C2CCNCC2)c2cccc(F)c2)cc1. The number of benzene rings is 4. The molecule has 1 unspecified atom stereocenters. The van der Waals surface area contributed by atoms with Gasteiger partial charge < -0.3 is 20.1 Å². The van der Waals surface area contributed by atoms with Gasteiger partial charge in [-0.05, 0) is 161 Å². The summed E-state index contributed by atoms with van der Waals surface area (Å²) < 4.78 is 41.5. The molecule has 1 atom stereocenters. The monoisotopic (exact) mass is 776 g/mol. The minimum atomic E-state index is -0.593. The maximum Gasteiger partial charge on any atom is 0.414 e. The molecule has 10 heteroatoms. The lowest BCUT2D eigenvalue weighted by Gasteiger charge is -2.25. The number of piperidine rings is 2. The average molecular weight is 777 g/mol. The first-order chi connectivity index (χ1) is 27.5. The van der Waals surface area contributed by atoms with Crippen molar-refractivity contribution in [3.05, 3.63) is 142 Å². The number of hydrogen-bond donors (Lipinski definition) is 2. The third kappa shape index (κ3) is 10.4. The number of hydrogen-bond acceptors (Lipinski definition) is 6. The average Bonchev–Trinajstić information content (AvgIpc) is 3.20. The molecule has 4 aromatic rings. The zero-order chi connectivity index (χ0) is 40.5. The number of amides is 2. The van der Waals surface area contributed by atoms with E-state index in [1.807, 2.05) is 81.4 Å². The van der Waals surface area contributed by atoms with Crippen molar-refractivity contribution in [3.8, 4) is 0 Å². The topological polar surface area (TPSA) is 83.1 Å². The van der Waals surface area contributed by atoms with Crippen molar-refractivity contribution in [2.24, 2.45) is 0 Å². The summed E-state index contributed by atoms with van der Waals surface area (Å²) in [4.78, 5) is 29.0. The molecule has 0 aliphatic carbocycles. The van der Waals surface area contributed by atoms with Crippen LogP contribution in [0.1, 0.15) is 81.2 Å². The normalized spacial score (nSPS) is 14.9. The Morgan fingerprint density at radius 2 is 1.19 bits per heavy atom. The van der Waals surface area contributed by atoms with Gasteiger partial charge >= 0.3 is 12.2 Å². The van der Waals surface area contributed by atoms with Gasteiger partial charge in [-0.25, -0.2) is 18.4 Å². The highest BCUT2D eigenvalue weighted by Crippen LogP contribution is 2.35. The van der Waals surface area contributed by atoms with Crippen molar-refractivity contribution in [1.82, 2.24) is 10.6 Å². The van der Waals surface area contributed by atoms with Crippen LogP contribution in [0.15, 0.2) is 102 Å². The highest BCUT2D eigenvalue weighted by atomic mass is 19.1. The van der Waals surface area contributed by atoms with Crippen LogP contribution >= 0.6 is 0 Å². The van der Waals surface area contributed by atoms with Gasteiger partial charge in [0.05, 0.1) is 6.10 Å². The summed E-state index contributed by atoms with van der Waals surface area (Å²) >= 11 is 0. The van der Waals surface area contributed by atoms with Crippen LogP contribution in [0.25, 0.3) is 11.1 Å². The lowest BCUT2D eigenvalue weighted by molar-refractivity contribution is 0.113. The number of rotatable bonds is 11. The second-order valence-corrected chi connectivity index (χ2v) is 15.0. The van der Waals surface area contributed by atoms with Crippen molar-refractivity contribution in [3.63, 3.8) is 0 Å². The van der Waals surface area contributed by atoms with E-state index in [0.29, 0.717) is 23.5 Å². The molecule has 0 bridgehead atoms. The van der Waals surface area contributed by atoms with E-state index in [1.165, 1.54) is 22.1 Å². The molecular weight excluding hydrogens is 723 g/mol. The summed E-state index contributed by atoms with van der Waals surface area (Å²) in [6.07, 6.45) is 1.89. The van der Waals surface area contributed by atoms with Gasteiger partial charge in [0.1, 0.15) is 17.7 Å². The van der Waals surface area contributed by atoms with Crippen LogP contribution in [0, 0.1) is 11.6 Å². The molecule has 2 saturated heterocycles. The molecule has 0 radical (unpaired) electrons. The Hall–Kier alpha value is -5.32. The Balaban J connectivity index is 1.15. The Kier molecular flexibility index (Phi) is 13.9. The third-order valence-corrected chi connectivity index (χ3v) is 10.5. The van der Waals surface area contributed by atoms with Crippen molar-refractivity contribution in [1.29, 1.82) is 0 Å². The Bertz CT molecular complexity index is 2080. The highest BCUT2D eigenvalue weighted by molar-refractivity contribution is 5.90. The van der Waals surface area contributed by atoms with Crippen LogP contribution in [0.5, 0.6) is 0 Å². The summed E-state index contributed by atoms with van der Waals surface area (Å²) in [6, 6.07) is 27.4. The molecule has 2 N–H and O–H groups in total. The molecule has 2 fully saturated rings. The molecule has 6 rings (SSSR count). The highest BCUT2D eigenvalue weighted by Gasteiger charge is 2.23. The number of nitrogens with one attached hydrogen (secondary N) is 2. The lowest BCUT2D eigenvalue weighted by atomic mass is 9.88. The molecule has 300 valence electrons. The Labute approximate surface area is 335 Å². The van der Waals surface area contributed by atoms with Gasteiger partial charge in [-0.2, -0.15) is 0 Å². The number of halogens is 2. The van der Waals surface area contributed by atoms with E-state index in [1.54, 1.807) is 43.1 Å². The first kappa shape index (κ1) is 41.3. The fraction of sp³-hybridized carbons (Fsp3) is 0.362. The molecule has 4 aromatic carbocycles. The van der Waals surface area contributed by atoms with E-state index in [9.17, 15) is 14.0 Å². The standard InChI is InChI=1S/C47H54F2N4O4/c1-6-53(42-18-14-34(15-19-42)44(35-20-24-50-25-21-35)38-8-7-9-40(48)29-38)47(55)57-32(4)28-37-10-11-39(30-43(37)49)45(36-22-26-51-27-23-36)33-12-16-41(17-13-33)52(5)46(54)56-31(2)3/h7-19,29-32,50-51H,6,20-28H2,1-5H3. The largest absolute Gasteiger partial charge is 0.446 e. The summed E-state index contributed by atoms with van der Waals surface area (Å²) in [6.45, 7) is 11.1. The van der Waals surface area contributed by atoms with Crippen molar-refractivity contribution in [2.45, 2.75) is 72.0 Å². The fourth-order valence-electron chi connectivity index (χ4n) is 7.67. The zero-order valence-corrected chi connectivity index (χ0v) is 33.7. The molecule has 0 saturated carbocycles. The van der Waals surface area contributed by atoms with Crippen LogP contribution in [0.4, 0.5) is 29.7 Å². The summed E-state index contributed by atoms with van der Waals surface area (Å²) in [5, 5.41) is 6.80. The maximum absolute atomic E-state index is 16.0. The van der Waals surface area contributed by atoms with E-state index >= 15 is 4.39 Å². The molecule has 0 aromatic heterocycles. The van der Waals surface area contributed by atoms with Crippen LogP contribution in [-0.4, -0.2) is 64.2 Å². The molecule has 0 spiro atoms. The number of carbonyl (C=O) groups is 2. The van der Waals surface area contributed by atoms with Crippen molar-refractivity contribution in [2.75, 3.05) is 49.6 Å². The zero-order valence-electron chi connectivity index (χ0n) is 33.7. The first-order valence-electron chi connectivity index (χ1n) is 20.1. The van der Waals surface area contributed by atoms with Gasteiger partial charge in [0.25, 0.3) is 0 Å². The van der Waals surface area contributed by atoms with Gasteiger partial charge in [-0.3, -0.25) is 9.80 Å². The smallest absolute Gasteiger partial charge is 0.414 e. The van der Waals surface area contributed by atoms with Crippen LogP contribution in [-0.2, 0) is 15.9 Å². The second kappa shape index (κ2) is 19.2. The van der Waals surface area contributed by atoms with Gasteiger partial charge in [-0.1, -0.05) is 59.7 Å². The van der Waals surface area contributed by atoms with Gasteiger partial charge in [-0.15, -0.1) is 0 Å². The maximum atomic E-state index is 16.0. The summed E-state index contributed by atoms with van der Waals surface area (Å²) in [7, 11) is 1.68. The second-order valence-electron chi connectivity index (χ2n) is 15.0. The molecule has 57 heavy (non-hydrogen) atoms. The van der Waals surface area contributed by atoms with E-state index in [4.69, 9.17) is 9.47 Å². The summed E-state index contributed by atoms with van der Waals surface area (Å²) in [5.41, 5.74) is 9.87. The molecule has 8 nitrogen and oxygen atoms in total. The Morgan fingerprint density at radius 3 is 1.70 bits per heavy atom.